The van der Waals surface area contributed by atoms with Crippen molar-refractivity contribution in [1.82, 2.24) is 15.1 Å². The number of ether oxygens (including phenoxy) is 1. The normalized spacial score (nSPS) is 10.2. The van der Waals surface area contributed by atoms with Gasteiger partial charge >= 0.3 is 6.03 Å². The molecule has 0 aliphatic heterocycles. The monoisotopic (exact) mass is 290 g/mol. The van der Waals surface area contributed by atoms with Gasteiger partial charge in [-0.15, -0.1) is 0 Å². The first kappa shape index (κ1) is 14.9. The number of nitrogens with one attached hydrogen (secondary N) is 2. The molecule has 21 heavy (non-hydrogen) atoms. The van der Waals surface area contributed by atoms with E-state index in [2.05, 4.69) is 15.7 Å². The molecule has 0 fully saturated rings. The first-order chi connectivity index (χ1) is 10.2. The summed E-state index contributed by atoms with van der Waals surface area (Å²) in [6, 6.07) is 7.16. The lowest BCUT2D eigenvalue weighted by Crippen LogP contribution is -2.28. The zero-order valence-corrected chi connectivity index (χ0v) is 11.7. The van der Waals surface area contributed by atoms with E-state index in [1.165, 1.54) is 6.20 Å². The van der Waals surface area contributed by atoms with Crippen molar-refractivity contribution in [2.45, 2.75) is 13.1 Å². The molecule has 0 spiro atoms. The molecule has 0 aliphatic carbocycles. The van der Waals surface area contributed by atoms with Gasteiger partial charge in [0.25, 0.3) is 0 Å². The maximum atomic E-state index is 11.8. The van der Waals surface area contributed by atoms with Crippen LogP contribution in [-0.2, 0) is 13.1 Å². The maximum Gasteiger partial charge on any atom is 0.319 e. The van der Waals surface area contributed by atoms with Crippen molar-refractivity contribution in [3.63, 3.8) is 0 Å². The van der Waals surface area contributed by atoms with E-state index >= 15 is 0 Å². The maximum absolute atomic E-state index is 11.8. The minimum Gasteiger partial charge on any atom is -0.496 e. The molecule has 7 heteroatoms. The Morgan fingerprint density at radius 1 is 1.43 bits per heavy atom. The molecule has 112 valence electrons. The van der Waals surface area contributed by atoms with Crippen molar-refractivity contribution in [2.75, 3.05) is 19.0 Å². The van der Waals surface area contributed by atoms with Gasteiger partial charge in [-0.2, -0.15) is 5.10 Å². The fourth-order valence-corrected chi connectivity index (χ4v) is 1.85. The third-order valence-electron chi connectivity index (χ3n) is 2.85. The van der Waals surface area contributed by atoms with E-state index in [1.54, 1.807) is 18.0 Å². The lowest BCUT2D eigenvalue weighted by atomic mass is 10.2. The predicted molar refractivity (Wildman–Crippen MR) is 78.2 cm³/mol. The zero-order chi connectivity index (χ0) is 15.1. The first-order valence-electron chi connectivity index (χ1n) is 6.53. The summed E-state index contributed by atoms with van der Waals surface area (Å²) in [4.78, 5) is 11.8. The molecule has 0 saturated carbocycles. The third-order valence-corrected chi connectivity index (χ3v) is 2.85. The van der Waals surface area contributed by atoms with Crippen molar-refractivity contribution in [2.24, 2.45) is 0 Å². The Hall–Kier alpha value is -2.54. The quantitative estimate of drug-likeness (QED) is 0.746. The summed E-state index contributed by atoms with van der Waals surface area (Å²) in [5.74, 6) is 0.730. The summed E-state index contributed by atoms with van der Waals surface area (Å²) in [6.45, 7) is 0.756. The van der Waals surface area contributed by atoms with Crippen LogP contribution < -0.4 is 15.4 Å². The molecule has 2 aromatic rings. The smallest absolute Gasteiger partial charge is 0.319 e. The summed E-state index contributed by atoms with van der Waals surface area (Å²) in [5.41, 5.74) is 1.46. The number of methoxy groups -OCH3 is 1. The fraction of sp³-hybridized carbons (Fsp3) is 0.286. The SMILES string of the molecule is COc1ccccc1CNC(=O)Nc1cnn(CCO)c1. The number of aliphatic hydroxyl groups excluding tert-OH is 1. The Kier molecular flexibility index (Phi) is 5.16. The number of para-hydroxylation sites is 1. The van der Waals surface area contributed by atoms with Crippen LogP contribution in [0.1, 0.15) is 5.56 Å². The number of benzene rings is 1. The van der Waals surface area contributed by atoms with Crippen LogP contribution in [-0.4, -0.2) is 34.6 Å². The van der Waals surface area contributed by atoms with Crippen LogP contribution in [0.25, 0.3) is 0 Å². The van der Waals surface area contributed by atoms with Crippen molar-refractivity contribution < 1.29 is 14.6 Å². The van der Waals surface area contributed by atoms with E-state index in [-0.39, 0.29) is 12.6 Å². The molecule has 1 aromatic carbocycles. The van der Waals surface area contributed by atoms with Crippen LogP contribution in [0.4, 0.5) is 10.5 Å². The van der Waals surface area contributed by atoms with Gasteiger partial charge in [-0.1, -0.05) is 18.2 Å². The highest BCUT2D eigenvalue weighted by Crippen LogP contribution is 2.16. The molecule has 0 unspecified atom stereocenters. The van der Waals surface area contributed by atoms with E-state index in [0.29, 0.717) is 18.8 Å². The molecule has 0 aliphatic rings. The number of urea groups is 1. The molecular formula is C14H18N4O3. The fourth-order valence-electron chi connectivity index (χ4n) is 1.85. The number of hydrogen-bond acceptors (Lipinski definition) is 4. The molecular weight excluding hydrogens is 272 g/mol. The molecule has 7 nitrogen and oxygen atoms in total. The second-order valence-corrected chi connectivity index (χ2v) is 4.34. The Balaban J connectivity index is 1.86. The highest BCUT2D eigenvalue weighted by molar-refractivity contribution is 5.88. The van der Waals surface area contributed by atoms with Crippen LogP contribution in [0, 0.1) is 0 Å². The van der Waals surface area contributed by atoms with Crippen LogP contribution in [0.2, 0.25) is 0 Å². The van der Waals surface area contributed by atoms with Crippen LogP contribution in [0.3, 0.4) is 0 Å². The van der Waals surface area contributed by atoms with Gasteiger partial charge in [0.2, 0.25) is 0 Å². The van der Waals surface area contributed by atoms with Gasteiger partial charge < -0.3 is 20.5 Å². The molecule has 2 rings (SSSR count). The number of carbonyl (C=O) groups is 1. The number of aliphatic hydroxyl groups is 1. The predicted octanol–water partition coefficient (Wildman–Crippen LogP) is 1.21. The minimum absolute atomic E-state index is 0.00111. The van der Waals surface area contributed by atoms with E-state index in [1.807, 2.05) is 24.3 Å². The molecule has 0 atom stereocenters. The van der Waals surface area contributed by atoms with Crippen molar-refractivity contribution in [3.8, 4) is 5.75 Å². The number of aromatic nitrogens is 2. The van der Waals surface area contributed by atoms with E-state index < -0.39 is 0 Å². The molecule has 0 bridgehead atoms. The number of hydrogen-bond donors (Lipinski definition) is 3. The summed E-state index contributed by atoms with van der Waals surface area (Å²) in [6.07, 6.45) is 3.18. The summed E-state index contributed by atoms with van der Waals surface area (Å²) in [7, 11) is 1.59. The Morgan fingerprint density at radius 3 is 3.00 bits per heavy atom. The zero-order valence-electron chi connectivity index (χ0n) is 11.7. The molecule has 2 amide bonds. The number of anilines is 1. The average Bonchev–Trinajstić information content (AvgIpc) is 2.93. The highest BCUT2D eigenvalue weighted by atomic mass is 16.5. The van der Waals surface area contributed by atoms with Gasteiger partial charge in [0.1, 0.15) is 5.75 Å². The number of rotatable bonds is 6. The Labute approximate surface area is 122 Å². The molecule has 1 aromatic heterocycles. The molecule has 3 N–H and O–H groups in total. The van der Waals surface area contributed by atoms with Crippen LogP contribution >= 0.6 is 0 Å². The second-order valence-electron chi connectivity index (χ2n) is 4.34. The summed E-state index contributed by atoms with van der Waals surface area (Å²) in [5, 5.41) is 18.2. The van der Waals surface area contributed by atoms with Gasteiger partial charge in [0.05, 0.1) is 32.1 Å². The lowest BCUT2D eigenvalue weighted by molar-refractivity contribution is 0.251. The van der Waals surface area contributed by atoms with Crippen molar-refractivity contribution >= 4 is 11.7 Å². The molecule has 0 saturated heterocycles. The molecule has 0 radical (unpaired) electrons. The van der Waals surface area contributed by atoms with E-state index in [9.17, 15) is 4.79 Å². The second kappa shape index (κ2) is 7.30. The van der Waals surface area contributed by atoms with Gasteiger partial charge in [0, 0.05) is 18.3 Å². The van der Waals surface area contributed by atoms with Gasteiger partial charge in [-0.05, 0) is 6.07 Å². The summed E-state index contributed by atoms with van der Waals surface area (Å²) >= 11 is 0. The van der Waals surface area contributed by atoms with E-state index in [4.69, 9.17) is 9.84 Å². The Morgan fingerprint density at radius 2 is 2.24 bits per heavy atom. The lowest BCUT2D eigenvalue weighted by Gasteiger charge is -2.09. The summed E-state index contributed by atoms with van der Waals surface area (Å²) < 4.78 is 6.77. The topological polar surface area (TPSA) is 88.4 Å². The standard InChI is InChI=1S/C14H18N4O3/c1-21-13-5-3-2-4-11(13)8-15-14(20)17-12-9-16-18(10-12)6-7-19/h2-5,9-10,19H,6-8H2,1H3,(H2,15,17,20). The Bertz CT molecular complexity index is 597. The average molecular weight is 290 g/mol. The minimum atomic E-state index is -0.329. The largest absolute Gasteiger partial charge is 0.496 e. The van der Waals surface area contributed by atoms with Gasteiger partial charge in [0.15, 0.2) is 0 Å². The first-order valence-corrected chi connectivity index (χ1v) is 6.53. The van der Waals surface area contributed by atoms with E-state index in [0.717, 1.165) is 11.3 Å². The van der Waals surface area contributed by atoms with Gasteiger partial charge in [-0.3, -0.25) is 4.68 Å². The number of nitrogens with zero attached hydrogens (tertiary/aromatic N) is 2. The van der Waals surface area contributed by atoms with Gasteiger partial charge in [-0.25, -0.2) is 4.79 Å². The van der Waals surface area contributed by atoms with Crippen molar-refractivity contribution in [3.05, 3.63) is 42.2 Å². The highest BCUT2D eigenvalue weighted by Gasteiger charge is 2.06. The number of carbonyl (C=O) groups excluding carboxylic acids is 1. The van der Waals surface area contributed by atoms with Crippen LogP contribution in [0.15, 0.2) is 36.7 Å². The van der Waals surface area contributed by atoms with Crippen LogP contribution in [0.5, 0.6) is 5.75 Å². The molecule has 1 heterocycles. The third kappa shape index (κ3) is 4.22. The number of amides is 2. The van der Waals surface area contributed by atoms with Crippen molar-refractivity contribution in [1.29, 1.82) is 0 Å².